The maximum atomic E-state index is 8.68. The Kier molecular flexibility index (Phi) is 4.91. The summed E-state index contributed by atoms with van der Waals surface area (Å²) in [4.78, 5) is 0. The standard InChI is InChI=1S/C15H15ClN2O2/c1-2-7-19-15-6-3-11(8-14(15)16)18-10-13-5-4-12(9-17)20-13/h3-6,8,18H,2,7,10H2,1H3. The molecule has 1 heterocycles. The van der Waals surface area contributed by atoms with Crippen LogP contribution in [0, 0.1) is 11.3 Å². The van der Waals surface area contributed by atoms with Crippen molar-refractivity contribution in [2.45, 2.75) is 19.9 Å². The fourth-order valence-corrected chi connectivity index (χ4v) is 1.90. The molecule has 104 valence electrons. The van der Waals surface area contributed by atoms with Gasteiger partial charge in [-0.05, 0) is 36.8 Å². The van der Waals surface area contributed by atoms with E-state index in [4.69, 9.17) is 26.0 Å². The molecule has 0 aliphatic heterocycles. The van der Waals surface area contributed by atoms with Gasteiger partial charge in [0.1, 0.15) is 17.6 Å². The molecule has 0 saturated heterocycles. The van der Waals surface area contributed by atoms with Crippen molar-refractivity contribution < 1.29 is 9.15 Å². The number of furan rings is 1. The zero-order valence-electron chi connectivity index (χ0n) is 11.1. The van der Waals surface area contributed by atoms with Gasteiger partial charge in [-0.1, -0.05) is 18.5 Å². The van der Waals surface area contributed by atoms with Crippen LogP contribution in [0.15, 0.2) is 34.7 Å². The fourth-order valence-electron chi connectivity index (χ4n) is 1.66. The third-order valence-electron chi connectivity index (χ3n) is 2.63. The van der Waals surface area contributed by atoms with Gasteiger partial charge in [0, 0.05) is 5.69 Å². The zero-order valence-corrected chi connectivity index (χ0v) is 11.9. The molecule has 1 aromatic heterocycles. The predicted octanol–water partition coefficient (Wildman–Crippen LogP) is 4.21. The largest absolute Gasteiger partial charge is 0.492 e. The Morgan fingerprint density at radius 2 is 2.20 bits per heavy atom. The SMILES string of the molecule is CCCOc1ccc(NCc2ccc(C#N)o2)cc1Cl. The third kappa shape index (κ3) is 3.69. The lowest BCUT2D eigenvalue weighted by Gasteiger charge is -2.09. The van der Waals surface area contributed by atoms with Gasteiger partial charge in [0.15, 0.2) is 0 Å². The first-order valence-corrected chi connectivity index (χ1v) is 6.75. The Bertz CT molecular complexity index is 617. The number of benzene rings is 1. The highest BCUT2D eigenvalue weighted by atomic mass is 35.5. The predicted molar refractivity (Wildman–Crippen MR) is 78.0 cm³/mol. The van der Waals surface area contributed by atoms with E-state index in [1.54, 1.807) is 18.2 Å². The van der Waals surface area contributed by atoms with Gasteiger partial charge < -0.3 is 14.5 Å². The number of ether oxygens (including phenoxy) is 1. The number of anilines is 1. The summed E-state index contributed by atoms with van der Waals surface area (Å²) in [7, 11) is 0. The smallest absolute Gasteiger partial charge is 0.203 e. The second-order valence-corrected chi connectivity index (χ2v) is 4.63. The Morgan fingerprint density at radius 1 is 1.35 bits per heavy atom. The molecule has 0 atom stereocenters. The van der Waals surface area contributed by atoms with E-state index in [0.29, 0.717) is 35.4 Å². The van der Waals surface area contributed by atoms with Crippen molar-refractivity contribution in [3.05, 3.63) is 46.9 Å². The highest BCUT2D eigenvalue weighted by Crippen LogP contribution is 2.28. The van der Waals surface area contributed by atoms with Crippen molar-refractivity contribution >= 4 is 17.3 Å². The van der Waals surface area contributed by atoms with Crippen molar-refractivity contribution in [2.24, 2.45) is 0 Å². The lowest BCUT2D eigenvalue weighted by Crippen LogP contribution is -1.99. The topological polar surface area (TPSA) is 58.2 Å². The maximum absolute atomic E-state index is 8.68. The van der Waals surface area contributed by atoms with E-state index in [0.717, 1.165) is 12.1 Å². The van der Waals surface area contributed by atoms with Crippen LogP contribution in [0.4, 0.5) is 5.69 Å². The number of nitriles is 1. The van der Waals surface area contributed by atoms with Gasteiger partial charge in [-0.2, -0.15) is 5.26 Å². The van der Waals surface area contributed by atoms with Crippen LogP contribution in [-0.2, 0) is 6.54 Å². The summed E-state index contributed by atoms with van der Waals surface area (Å²) in [5.74, 6) is 1.69. The van der Waals surface area contributed by atoms with Crippen molar-refractivity contribution in [1.82, 2.24) is 0 Å². The van der Waals surface area contributed by atoms with Crippen molar-refractivity contribution in [1.29, 1.82) is 5.26 Å². The number of halogens is 1. The Balaban J connectivity index is 1.96. The Labute approximate surface area is 122 Å². The van der Waals surface area contributed by atoms with Crippen LogP contribution in [0.3, 0.4) is 0 Å². The van der Waals surface area contributed by atoms with Gasteiger partial charge in [0.25, 0.3) is 0 Å². The van der Waals surface area contributed by atoms with Crippen molar-refractivity contribution in [3.63, 3.8) is 0 Å². The number of hydrogen-bond acceptors (Lipinski definition) is 4. The molecule has 4 nitrogen and oxygen atoms in total. The molecule has 0 saturated carbocycles. The molecule has 2 aromatic rings. The molecular weight excluding hydrogens is 276 g/mol. The molecule has 0 bridgehead atoms. The summed E-state index contributed by atoms with van der Waals surface area (Å²) in [6.45, 7) is 3.19. The highest BCUT2D eigenvalue weighted by molar-refractivity contribution is 6.32. The van der Waals surface area contributed by atoms with Crippen LogP contribution in [0.5, 0.6) is 5.75 Å². The fraction of sp³-hybridized carbons (Fsp3) is 0.267. The van der Waals surface area contributed by atoms with Gasteiger partial charge in [-0.25, -0.2) is 0 Å². The quantitative estimate of drug-likeness (QED) is 0.866. The number of hydrogen-bond donors (Lipinski definition) is 1. The number of nitrogens with one attached hydrogen (secondary N) is 1. The lowest BCUT2D eigenvalue weighted by molar-refractivity contribution is 0.317. The number of nitrogens with zero attached hydrogens (tertiary/aromatic N) is 1. The molecule has 0 radical (unpaired) electrons. The van der Waals surface area contributed by atoms with Gasteiger partial charge in [-0.15, -0.1) is 0 Å². The van der Waals surface area contributed by atoms with Crippen LogP contribution in [0.25, 0.3) is 0 Å². The van der Waals surface area contributed by atoms with E-state index >= 15 is 0 Å². The monoisotopic (exact) mass is 290 g/mol. The normalized spacial score (nSPS) is 10.1. The molecule has 0 aliphatic carbocycles. The first kappa shape index (κ1) is 14.3. The van der Waals surface area contributed by atoms with Crippen LogP contribution in [0.2, 0.25) is 5.02 Å². The van der Waals surface area contributed by atoms with Crippen molar-refractivity contribution in [3.8, 4) is 11.8 Å². The molecule has 0 spiro atoms. The second kappa shape index (κ2) is 6.88. The molecule has 0 aliphatic rings. The summed E-state index contributed by atoms with van der Waals surface area (Å²) in [5, 5.41) is 12.4. The summed E-state index contributed by atoms with van der Waals surface area (Å²) < 4.78 is 10.8. The van der Waals surface area contributed by atoms with E-state index in [1.165, 1.54) is 0 Å². The summed E-state index contributed by atoms with van der Waals surface area (Å²) >= 11 is 6.14. The maximum Gasteiger partial charge on any atom is 0.203 e. The molecule has 0 unspecified atom stereocenters. The summed E-state index contributed by atoms with van der Waals surface area (Å²) in [6.07, 6.45) is 0.941. The first-order valence-electron chi connectivity index (χ1n) is 6.38. The molecule has 1 aromatic carbocycles. The molecule has 20 heavy (non-hydrogen) atoms. The summed E-state index contributed by atoms with van der Waals surface area (Å²) in [6, 6.07) is 10.9. The molecule has 0 fully saturated rings. The first-order chi connectivity index (χ1) is 9.72. The molecule has 5 heteroatoms. The summed E-state index contributed by atoms with van der Waals surface area (Å²) in [5.41, 5.74) is 0.869. The van der Waals surface area contributed by atoms with E-state index in [2.05, 4.69) is 5.32 Å². The average Bonchev–Trinajstić information content (AvgIpc) is 2.92. The van der Waals surface area contributed by atoms with E-state index < -0.39 is 0 Å². The van der Waals surface area contributed by atoms with Crippen LogP contribution >= 0.6 is 11.6 Å². The van der Waals surface area contributed by atoms with Gasteiger partial charge in [-0.3, -0.25) is 0 Å². The minimum Gasteiger partial charge on any atom is -0.492 e. The molecule has 1 N–H and O–H groups in total. The van der Waals surface area contributed by atoms with Crippen molar-refractivity contribution in [2.75, 3.05) is 11.9 Å². The average molecular weight is 291 g/mol. The Morgan fingerprint density at radius 3 is 2.85 bits per heavy atom. The van der Waals surface area contributed by atoms with E-state index in [-0.39, 0.29) is 0 Å². The van der Waals surface area contributed by atoms with E-state index in [9.17, 15) is 0 Å². The minimum absolute atomic E-state index is 0.308. The molecule has 0 amide bonds. The van der Waals surface area contributed by atoms with Crippen LogP contribution in [0.1, 0.15) is 24.9 Å². The number of rotatable bonds is 6. The minimum atomic E-state index is 0.308. The third-order valence-corrected chi connectivity index (χ3v) is 2.93. The van der Waals surface area contributed by atoms with Crippen LogP contribution < -0.4 is 10.1 Å². The van der Waals surface area contributed by atoms with Gasteiger partial charge in [0.2, 0.25) is 5.76 Å². The molecular formula is C15H15ClN2O2. The van der Waals surface area contributed by atoms with Gasteiger partial charge >= 0.3 is 0 Å². The molecule has 2 rings (SSSR count). The van der Waals surface area contributed by atoms with Gasteiger partial charge in [0.05, 0.1) is 18.2 Å². The van der Waals surface area contributed by atoms with E-state index in [1.807, 2.05) is 25.1 Å². The Hall–Kier alpha value is -2.12. The highest BCUT2D eigenvalue weighted by Gasteiger charge is 2.04. The van der Waals surface area contributed by atoms with Crippen LogP contribution in [-0.4, -0.2) is 6.61 Å². The lowest BCUT2D eigenvalue weighted by atomic mass is 10.3. The zero-order chi connectivity index (χ0) is 14.4. The second-order valence-electron chi connectivity index (χ2n) is 4.22.